The SMILES string of the molecule is C[Si](C)(C)[C-](C#C[C-]([Si](C)(C)C)[Si](C)(C)C)[Si](C)(C)C. The monoisotopic (exact) mass is 340 g/mol. The smallest absolute Gasteiger partial charge is 0.0272 e. The molecule has 0 fully saturated rings. The topological polar surface area (TPSA) is 0 Å². The molecule has 0 spiro atoms. The zero-order valence-corrected chi connectivity index (χ0v) is 20.0. The minimum absolute atomic E-state index is 1.28. The highest BCUT2D eigenvalue weighted by molar-refractivity contribution is 7.04. The molecule has 20 heavy (non-hydrogen) atoms. The average Bonchev–Trinajstić information content (AvgIpc) is 2.02. The van der Waals surface area contributed by atoms with Crippen LogP contribution in [0.25, 0.3) is 0 Å². The van der Waals surface area contributed by atoms with Gasteiger partial charge in [0.15, 0.2) is 0 Å². The number of hydrogen-bond donors (Lipinski definition) is 0. The van der Waals surface area contributed by atoms with Crippen LogP contribution in [0.15, 0.2) is 0 Å². The normalized spacial score (nSPS) is 13.6. The van der Waals surface area contributed by atoms with E-state index in [1.165, 1.54) is 0 Å². The quantitative estimate of drug-likeness (QED) is 0.352. The van der Waals surface area contributed by atoms with Crippen molar-refractivity contribution in [2.45, 2.75) is 78.6 Å². The van der Waals surface area contributed by atoms with Crippen LogP contribution in [0.4, 0.5) is 0 Å². The molecule has 0 aliphatic carbocycles. The van der Waals surface area contributed by atoms with Gasteiger partial charge in [0.2, 0.25) is 0 Å². The summed E-state index contributed by atoms with van der Waals surface area (Å²) in [5.41, 5.74) is 0. The Morgan fingerprint density at radius 1 is 0.400 bits per heavy atom. The lowest BCUT2D eigenvalue weighted by Crippen LogP contribution is -2.48. The summed E-state index contributed by atoms with van der Waals surface area (Å²) in [5.74, 6) is 7.47. The van der Waals surface area contributed by atoms with E-state index in [2.05, 4.69) is 90.4 Å². The third kappa shape index (κ3) is 6.29. The zero-order valence-electron chi connectivity index (χ0n) is 16.0. The molecule has 0 aromatic carbocycles. The lowest BCUT2D eigenvalue weighted by Gasteiger charge is -2.53. The summed E-state index contributed by atoms with van der Waals surface area (Å²) in [6.07, 6.45) is 0. The Bertz CT molecular complexity index is 310. The van der Waals surface area contributed by atoms with Gasteiger partial charge >= 0.3 is 0 Å². The summed E-state index contributed by atoms with van der Waals surface area (Å²) in [4.78, 5) is 0. The Labute approximate surface area is 133 Å². The lowest BCUT2D eigenvalue weighted by molar-refractivity contribution is 1.51. The van der Waals surface area contributed by atoms with Gasteiger partial charge in [-0.15, -0.1) is 0 Å². The fourth-order valence-corrected chi connectivity index (χ4v) is 22.9. The van der Waals surface area contributed by atoms with Crippen molar-refractivity contribution in [3.63, 3.8) is 0 Å². The van der Waals surface area contributed by atoms with Gasteiger partial charge in [-0.1, -0.05) is 78.6 Å². The van der Waals surface area contributed by atoms with Crippen molar-refractivity contribution in [2.75, 3.05) is 0 Å². The van der Waals surface area contributed by atoms with E-state index in [1.54, 1.807) is 10.3 Å². The maximum atomic E-state index is 3.74. The summed E-state index contributed by atoms with van der Waals surface area (Å²) in [6.45, 7) is 29.5. The van der Waals surface area contributed by atoms with E-state index in [-0.39, 0.29) is 0 Å². The first kappa shape index (κ1) is 20.2. The molecule has 0 rings (SSSR count). The van der Waals surface area contributed by atoms with E-state index >= 15 is 0 Å². The van der Waals surface area contributed by atoms with Crippen LogP contribution in [-0.2, 0) is 0 Å². The molecule has 0 heterocycles. The number of hydrogen-bond acceptors (Lipinski definition) is 0. The van der Waals surface area contributed by atoms with Gasteiger partial charge in [0.1, 0.15) is 0 Å². The fourth-order valence-electron chi connectivity index (χ4n) is 3.12. The van der Waals surface area contributed by atoms with Gasteiger partial charge in [0.25, 0.3) is 0 Å². The van der Waals surface area contributed by atoms with Crippen molar-refractivity contribution in [2.24, 2.45) is 0 Å². The fraction of sp³-hybridized carbons (Fsp3) is 0.750. The molecular formula is C16H36Si4-2. The Morgan fingerprint density at radius 2 is 0.550 bits per heavy atom. The molecule has 0 aromatic heterocycles. The van der Waals surface area contributed by atoms with Crippen molar-refractivity contribution in [1.29, 1.82) is 0 Å². The van der Waals surface area contributed by atoms with Crippen LogP contribution in [0.5, 0.6) is 0 Å². The minimum atomic E-state index is -1.28. The van der Waals surface area contributed by atoms with Crippen LogP contribution < -0.4 is 0 Å². The van der Waals surface area contributed by atoms with Gasteiger partial charge in [-0.3, -0.25) is 10.3 Å². The van der Waals surface area contributed by atoms with Crippen LogP contribution in [0.1, 0.15) is 0 Å². The van der Waals surface area contributed by atoms with Crippen molar-refractivity contribution >= 4 is 32.3 Å². The largest absolute Gasteiger partial charge is 0.522 e. The molecule has 4 heteroatoms. The molecule has 0 aromatic rings. The maximum absolute atomic E-state index is 3.74. The molecule has 118 valence electrons. The molecule has 0 radical (unpaired) electrons. The zero-order chi connectivity index (χ0) is 16.6. The second kappa shape index (κ2) is 6.11. The van der Waals surface area contributed by atoms with Crippen molar-refractivity contribution in [3.05, 3.63) is 10.3 Å². The first-order valence-electron chi connectivity index (χ1n) is 7.75. The first-order valence-corrected chi connectivity index (χ1v) is 21.8. The van der Waals surface area contributed by atoms with E-state index in [0.29, 0.717) is 0 Å². The first-order chi connectivity index (χ1) is 8.47. The molecule has 0 atom stereocenters. The third-order valence-corrected chi connectivity index (χ3v) is 18.8. The Balaban J connectivity index is 5.65. The molecule has 0 N–H and O–H groups in total. The van der Waals surface area contributed by atoms with Crippen LogP contribution in [0.2, 0.25) is 78.6 Å². The summed E-state index contributed by atoms with van der Waals surface area (Å²) in [7, 11) is -5.14. The summed E-state index contributed by atoms with van der Waals surface area (Å²) >= 11 is 0. The highest BCUT2D eigenvalue weighted by Gasteiger charge is 2.25. The molecule has 0 aliphatic heterocycles. The molecule has 0 saturated heterocycles. The second-order valence-electron chi connectivity index (χ2n) is 10.0. The Morgan fingerprint density at radius 3 is 0.650 bits per heavy atom. The molecule has 0 saturated carbocycles. The minimum Gasteiger partial charge on any atom is -0.522 e. The summed E-state index contributed by atoms with van der Waals surface area (Å²) in [5, 5.41) is 3.30. The van der Waals surface area contributed by atoms with Gasteiger partial charge in [-0.2, -0.15) is 0 Å². The molecule has 0 unspecified atom stereocenters. The van der Waals surface area contributed by atoms with Crippen molar-refractivity contribution in [1.82, 2.24) is 0 Å². The standard InChI is InChI=1S/C16H36Si4/c1-17(2,3)15(18(4,5)6)13-14-16(19(7,8)9)20(10,11)12/h1-12H3/q-2. The van der Waals surface area contributed by atoms with Crippen LogP contribution in [0.3, 0.4) is 0 Å². The lowest BCUT2D eigenvalue weighted by atomic mass is 10.6. The molecule has 0 nitrogen and oxygen atoms in total. The van der Waals surface area contributed by atoms with Gasteiger partial charge in [0.05, 0.1) is 0 Å². The molecule has 0 bridgehead atoms. The van der Waals surface area contributed by atoms with Crippen molar-refractivity contribution < 1.29 is 0 Å². The van der Waals surface area contributed by atoms with E-state index in [4.69, 9.17) is 0 Å². The third-order valence-electron chi connectivity index (χ3n) is 3.31. The van der Waals surface area contributed by atoms with Crippen LogP contribution in [0, 0.1) is 22.2 Å². The van der Waals surface area contributed by atoms with Crippen LogP contribution in [-0.4, -0.2) is 32.3 Å². The Kier molecular flexibility index (Phi) is 6.17. The van der Waals surface area contributed by atoms with Gasteiger partial charge < -0.3 is 11.8 Å². The van der Waals surface area contributed by atoms with Gasteiger partial charge in [-0.05, 0) is 32.3 Å². The predicted octanol–water partition coefficient (Wildman–Crippen LogP) is 5.65. The maximum Gasteiger partial charge on any atom is -0.0272 e. The van der Waals surface area contributed by atoms with Crippen molar-refractivity contribution in [3.8, 4) is 11.8 Å². The summed E-state index contributed by atoms with van der Waals surface area (Å²) < 4.78 is 0. The van der Waals surface area contributed by atoms with E-state index < -0.39 is 32.3 Å². The van der Waals surface area contributed by atoms with Gasteiger partial charge in [-0.25, -0.2) is 0 Å². The molecule has 0 amide bonds. The predicted molar refractivity (Wildman–Crippen MR) is 108 cm³/mol. The Hall–Kier alpha value is 0.168. The molecule has 0 aliphatic rings. The van der Waals surface area contributed by atoms with E-state index in [1.807, 2.05) is 0 Å². The van der Waals surface area contributed by atoms with Crippen LogP contribution >= 0.6 is 0 Å². The summed E-state index contributed by atoms with van der Waals surface area (Å²) in [6, 6.07) is 0. The van der Waals surface area contributed by atoms with E-state index in [0.717, 1.165) is 0 Å². The average molecular weight is 341 g/mol. The highest BCUT2D eigenvalue weighted by atomic mass is 28.4. The second-order valence-corrected chi connectivity index (χ2v) is 31.0. The highest BCUT2D eigenvalue weighted by Crippen LogP contribution is 2.31. The van der Waals surface area contributed by atoms with E-state index in [9.17, 15) is 0 Å². The number of rotatable bonds is 4. The van der Waals surface area contributed by atoms with Gasteiger partial charge in [0, 0.05) is 0 Å². The molecular weight excluding hydrogens is 305 g/mol.